The molecule has 0 aromatic heterocycles. The molecule has 1 aromatic carbocycles. The van der Waals surface area contributed by atoms with Crippen LogP contribution >= 0.6 is 27.7 Å². The normalized spacial score (nSPS) is 18.6. The zero-order chi connectivity index (χ0) is 15.5. The van der Waals surface area contributed by atoms with Crippen LogP contribution in [0.5, 0.6) is 0 Å². The van der Waals surface area contributed by atoms with Crippen molar-refractivity contribution in [2.45, 2.75) is 48.7 Å². The minimum Gasteiger partial charge on any atom is -0.210 e. The van der Waals surface area contributed by atoms with Crippen LogP contribution in [0.3, 0.4) is 0 Å². The van der Waals surface area contributed by atoms with Gasteiger partial charge in [-0.25, -0.2) is 13.1 Å². The Bertz CT molecular complexity index is 596. The molecule has 1 saturated carbocycles. The maximum absolute atomic E-state index is 12.5. The highest BCUT2D eigenvalue weighted by Crippen LogP contribution is 2.38. The SMILES string of the molecule is CSC1(CNS(=O)(=O)c2ccc(C)cc2Br)CCCCC1. The van der Waals surface area contributed by atoms with Crippen LogP contribution in [0.25, 0.3) is 0 Å². The third kappa shape index (κ3) is 4.24. The summed E-state index contributed by atoms with van der Waals surface area (Å²) >= 11 is 5.15. The average Bonchev–Trinajstić information content (AvgIpc) is 2.46. The number of thioether (sulfide) groups is 1. The van der Waals surface area contributed by atoms with Gasteiger partial charge >= 0.3 is 0 Å². The summed E-state index contributed by atoms with van der Waals surface area (Å²) in [4.78, 5) is 0.320. The van der Waals surface area contributed by atoms with Crippen molar-refractivity contribution in [3.8, 4) is 0 Å². The molecule has 0 bridgehead atoms. The highest BCUT2D eigenvalue weighted by Gasteiger charge is 2.32. The van der Waals surface area contributed by atoms with Crippen LogP contribution in [-0.4, -0.2) is 26.0 Å². The predicted octanol–water partition coefficient (Wildman–Crippen LogP) is 4.10. The van der Waals surface area contributed by atoms with E-state index in [1.54, 1.807) is 17.8 Å². The van der Waals surface area contributed by atoms with Crippen LogP contribution in [-0.2, 0) is 10.0 Å². The molecule has 21 heavy (non-hydrogen) atoms. The zero-order valence-electron chi connectivity index (χ0n) is 12.5. The van der Waals surface area contributed by atoms with E-state index in [0.29, 0.717) is 15.9 Å². The number of hydrogen-bond acceptors (Lipinski definition) is 3. The lowest BCUT2D eigenvalue weighted by Gasteiger charge is -2.35. The van der Waals surface area contributed by atoms with Gasteiger partial charge in [-0.2, -0.15) is 11.8 Å². The smallest absolute Gasteiger partial charge is 0.210 e. The van der Waals surface area contributed by atoms with Crippen LogP contribution < -0.4 is 4.72 Å². The predicted molar refractivity (Wildman–Crippen MR) is 93.4 cm³/mol. The first-order valence-corrected chi connectivity index (χ1v) is 10.7. The van der Waals surface area contributed by atoms with Crippen molar-refractivity contribution in [1.82, 2.24) is 4.72 Å². The summed E-state index contributed by atoms with van der Waals surface area (Å²) in [7, 11) is -3.47. The van der Waals surface area contributed by atoms with Crippen molar-refractivity contribution < 1.29 is 8.42 Å². The molecule has 3 nitrogen and oxygen atoms in total. The molecule has 6 heteroatoms. The molecular weight excluding hydrogens is 370 g/mol. The van der Waals surface area contributed by atoms with E-state index < -0.39 is 10.0 Å². The monoisotopic (exact) mass is 391 g/mol. The number of aryl methyl sites for hydroxylation is 1. The van der Waals surface area contributed by atoms with Crippen molar-refractivity contribution >= 4 is 37.7 Å². The Morgan fingerprint density at radius 3 is 2.52 bits per heavy atom. The fraction of sp³-hybridized carbons (Fsp3) is 0.600. The van der Waals surface area contributed by atoms with Gasteiger partial charge in [0, 0.05) is 15.8 Å². The fourth-order valence-corrected chi connectivity index (χ4v) is 6.10. The van der Waals surface area contributed by atoms with Crippen LogP contribution in [0.4, 0.5) is 0 Å². The Morgan fingerprint density at radius 1 is 1.29 bits per heavy atom. The van der Waals surface area contributed by atoms with E-state index in [-0.39, 0.29) is 4.75 Å². The van der Waals surface area contributed by atoms with Crippen molar-refractivity contribution in [3.63, 3.8) is 0 Å². The second-order valence-electron chi connectivity index (χ2n) is 5.71. The van der Waals surface area contributed by atoms with Gasteiger partial charge in [0.1, 0.15) is 0 Å². The summed E-state index contributed by atoms with van der Waals surface area (Å²) < 4.78 is 28.5. The lowest BCUT2D eigenvalue weighted by molar-refractivity contribution is 0.395. The highest BCUT2D eigenvalue weighted by atomic mass is 79.9. The first-order valence-electron chi connectivity index (χ1n) is 7.20. The number of halogens is 1. The Kier molecular flexibility index (Phi) is 5.79. The molecule has 0 heterocycles. The van der Waals surface area contributed by atoms with Gasteiger partial charge in [0.2, 0.25) is 10.0 Å². The third-order valence-corrected chi connectivity index (χ3v) is 7.96. The van der Waals surface area contributed by atoms with Gasteiger partial charge in [-0.1, -0.05) is 25.3 Å². The maximum Gasteiger partial charge on any atom is 0.241 e. The standard InChI is InChI=1S/C15H22BrNO2S2/c1-12-6-7-14(13(16)10-12)21(18,19)17-11-15(20-2)8-4-3-5-9-15/h6-7,10,17H,3-5,8-9,11H2,1-2H3. The minimum atomic E-state index is -3.47. The molecule has 1 aliphatic rings. The summed E-state index contributed by atoms with van der Waals surface area (Å²) in [6.07, 6.45) is 7.91. The summed E-state index contributed by atoms with van der Waals surface area (Å²) in [6, 6.07) is 5.32. The first-order chi connectivity index (χ1) is 9.88. The van der Waals surface area contributed by atoms with Gasteiger partial charge < -0.3 is 0 Å². The third-order valence-electron chi connectivity index (χ3n) is 4.16. The fourth-order valence-electron chi connectivity index (χ4n) is 2.78. The summed E-state index contributed by atoms with van der Waals surface area (Å²) in [6.45, 7) is 2.45. The van der Waals surface area contributed by atoms with Gasteiger partial charge in [0.05, 0.1) is 4.90 Å². The van der Waals surface area contributed by atoms with Gasteiger partial charge in [-0.3, -0.25) is 0 Å². The average molecular weight is 392 g/mol. The largest absolute Gasteiger partial charge is 0.241 e. The van der Waals surface area contributed by atoms with E-state index in [4.69, 9.17) is 0 Å². The van der Waals surface area contributed by atoms with Crippen molar-refractivity contribution in [3.05, 3.63) is 28.2 Å². The van der Waals surface area contributed by atoms with Gasteiger partial charge in [0.15, 0.2) is 0 Å². The molecular formula is C15H22BrNO2S2. The van der Waals surface area contributed by atoms with Crippen molar-refractivity contribution in [1.29, 1.82) is 0 Å². The zero-order valence-corrected chi connectivity index (χ0v) is 15.7. The van der Waals surface area contributed by atoms with Gasteiger partial charge in [0.25, 0.3) is 0 Å². The quantitative estimate of drug-likeness (QED) is 0.821. The van der Waals surface area contributed by atoms with Crippen LogP contribution in [0.2, 0.25) is 0 Å². The van der Waals surface area contributed by atoms with Crippen molar-refractivity contribution in [2.24, 2.45) is 0 Å². The molecule has 0 saturated heterocycles. The van der Waals surface area contributed by atoms with E-state index in [2.05, 4.69) is 26.9 Å². The molecule has 0 radical (unpaired) electrons. The lowest BCUT2D eigenvalue weighted by Crippen LogP contribution is -2.41. The molecule has 1 aromatic rings. The summed E-state index contributed by atoms with van der Waals surface area (Å²) in [5, 5.41) is 0. The van der Waals surface area contributed by atoms with Crippen LogP contribution in [0.1, 0.15) is 37.7 Å². The molecule has 0 amide bonds. The molecule has 0 atom stereocenters. The minimum absolute atomic E-state index is 0.0580. The maximum atomic E-state index is 12.5. The topological polar surface area (TPSA) is 46.2 Å². The van der Waals surface area contributed by atoms with Gasteiger partial charge in [-0.05, 0) is 59.6 Å². The van der Waals surface area contributed by atoms with E-state index in [1.807, 2.05) is 19.1 Å². The summed E-state index contributed by atoms with van der Waals surface area (Å²) in [5.74, 6) is 0. The van der Waals surface area contributed by atoms with E-state index in [9.17, 15) is 8.42 Å². The number of rotatable bonds is 5. The lowest BCUT2D eigenvalue weighted by atomic mass is 9.88. The van der Waals surface area contributed by atoms with Crippen molar-refractivity contribution in [2.75, 3.05) is 12.8 Å². The summed E-state index contributed by atoms with van der Waals surface area (Å²) in [5.41, 5.74) is 1.04. The molecule has 0 unspecified atom stereocenters. The number of nitrogens with one attached hydrogen (secondary N) is 1. The van der Waals surface area contributed by atoms with Gasteiger partial charge in [-0.15, -0.1) is 0 Å². The molecule has 1 aliphatic carbocycles. The van der Waals surface area contributed by atoms with E-state index >= 15 is 0 Å². The number of sulfonamides is 1. The molecule has 0 aliphatic heterocycles. The van der Waals surface area contributed by atoms with E-state index in [0.717, 1.165) is 18.4 Å². The molecule has 1 fully saturated rings. The molecule has 1 N–H and O–H groups in total. The Labute approximate surface area is 140 Å². The first kappa shape index (κ1) is 17.3. The van der Waals surface area contributed by atoms with Crippen LogP contribution in [0, 0.1) is 6.92 Å². The molecule has 2 rings (SSSR count). The second kappa shape index (κ2) is 7.02. The van der Waals surface area contributed by atoms with E-state index in [1.165, 1.54) is 19.3 Å². The number of benzene rings is 1. The molecule has 0 spiro atoms. The Morgan fingerprint density at radius 2 is 1.95 bits per heavy atom. The number of hydrogen-bond donors (Lipinski definition) is 1. The van der Waals surface area contributed by atoms with Crippen LogP contribution in [0.15, 0.2) is 27.6 Å². The Balaban J connectivity index is 2.13. The Hall–Kier alpha value is -0.0400. The second-order valence-corrected chi connectivity index (χ2v) is 9.57. The highest BCUT2D eigenvalue weighted by molar-refractivity contribution is 9.10. The molecule has 118 valence electrons.